The van der Waals surface area contributed by atoms with Gasteiger partial charge in [-0.1, -0.05) is 17.7 Å². The van der Waals surface area contributed by atoms with E-state index in [4.69, 9.17) is 4.74 Å². The minimum absolute atomic E-state index is 0.250. The second-order valence-electron chi connectivity index (χ2n) is 6.31. The van der Waals surface area contributed by atoms with Crippen molar-refractivity contribution in [3.63, 3.8) is 0 Å². The number of carbonyl (C=O) groups excluding carboxylic acids is 2. The topological polar surface area (TPSA) is 67.4 Å². The van der Waals surface area contributed by atoms with Crippen LogP contribution in [-0.2, 0) is 9.59 Å². The van der Waals surface area contributed by atoms with E-state index in [1.54, 1.807) is 24.3 Å². The number of anilines is 2. The molecule has 130 valence electrons. The first-order valence-corrected chi connectivity index (χ1v) is 8.46. The van der Waals surface area contributed by atoms with Crippen LogP contribution in [-0.4, -0.2) is 18.4 Å². The number of nitrogens with one attached hydrogen (secondary N) is 2. The molecular formula is C20H22N2O3. The second-order valence-corrected chi connectivity index (χ2v) is 6.31. The molecule has 0 radical (unpaired) electrons. The molecule has 2 amide bonds. The molecule has 0 spiro atoms. The number of ether oxygens (including phenoxy) is 1. The highest BCUT2D eigenvalue weighted by Gasteiger charge is 2.56. The van der Waals surface area contributed by atoms with Gasteiger partial charge in [0, 0.05) is 11.4 Å². The van der Waals surface area contributed by atoms with Gasteiger partial charge in [-0.05, 0) is 63.1 Å². The zero-order valence-electron chi connectivity index (χ0n) is 14.5. The van der Waals surface area contributed by atoms with Gasteiger partial charge in [0.1, 0.15) is 11.2 Å². The molecule has 2 aromatic carbocycles. The van der Waals surface area contributed by atoms with Gasteiger partial charge in [-0.15, -0.1) is 0 Å². The number of hydrogen-bond donors (Lipinski definition) is 2. The molecule has 0 saturated heterocycles. The van der Waals surface area contributed by atoms with E-state index in [0.717, 1.165) is 11.3 Å². The van der Waals surface area contributed by atoms with E-state index in [1.165, 1.54) is 0 Å². The van der Waals surface area contributed by atoms with E-state index in [0.29, 0.717) is 30.8 Å². The molecule has 0 atom stereocenters. The van der Waals surface area contributed by atoms with Crippen molar-refractivity contribution in [1.82, 2.24) is 0 Å². The van der Waals surface area contributed by atoms with Crippen LogP contribution in [0.15, 0.2) is 48.5 Å². The highest BCUT2D eigenvalue weighted by molar-refractivity contribution is 6.16. The molecule has 0 aromatic heterocycles. The fraction of sp³-hybridized carbons (Fsp3) is 0.300. The summed E-state index contributed by atoms with van der Waals surface area (Å²) in [7, 11) is 0. The summed E-state index contributed by atoms with van der Waals surface area (Å²) in [5.41, 5.74) is 1.51. The summed E-state index contributed by atoms with van der Waals surface area (Å²) in [4.78, 5) is 25.2. The largest absolute Gasteiger partial charge is 0.494 e. The third-order valence-corrected chi connectivity index (χ3v) is 4.35. The molecule has 2 aromatic rings. The number of amides is 2. The van der Waals surface area contributed by atoms with E-state index in [-0.39, 0.29) is 11.8 Å². The first kappa shape index (κ1) is 17.0. The SMILES string of the molecule is CCOc1ccc(NC(=O)C2(C(=O)Nc3ccc(C)cc3)CC2)cc1. The molecule has 0 unspecified atom stereocenters. The maximum atomic E-state index is 12.6. The predicted octanol–water partition coefficient (Wildman–Crippen LogP) is 3.75. The van der Waals surface area contributed by atoms with E-state index < -0.39 is 5.41 Å². The quantitative estimate of drug-likeness (QED) is 0.788. The van der Waals surface area contributed by atoms with Crippen molar-refractivity contribution in [3.05, 3.63) is 54.1 Å². The molecule has 1 aliphatic rings. The highest BCUT2D eigenvalue weighted by Crippen LogP contribution is 2.47. The van der Waals surface area contributed by atoms with Crippen LogP contribution in [0.3, 0.4) is 0 Å². The summed E-state index contributed by atoms with van der Waals surface area (Å²) in [6.07, 6.45) is 1.13. The van der Waals surface area contributed by atoms with Crippen molar-refractivity contribution < 1.29 is 14.3 Å². The molecule has 2 N–H and O–H groups in total. The van der Waals surface area contributed by atoms with Crippen LogP contribution in [0.2, 0.25) is 0 Å². The van der Waals surface area contributed by atoms with Crippen molar-refractivity contribution in [2.45, 2.75) is 26.7 Å². The molecule has 0 heterocycles. The Kier molecular flexibility index (Phi) is 4.74. The van der Waals surface area contributed by atoms with Gasteiger partial charge >= 0.3 is 0 Å². The van der Waals surface area contributed by atoms with Gasteiger partial charge in [0.25, 0.3) is 0 Å². The Bertz CT molecular complexity index is 763. The molecule has 1 aliphatic carbocycles. The monoisotopic (exact) mass is 338 g/mol. The Balaban J connectivity index is 1.64. The lowest BCUT2D eigenvalue weighted by Gasteiger charge is -2.16. The standard InChI is InChI=1S/C20H22N2O3/c1-3-25-17-10-8-16(9-11-17)22-19(24)20(12-13-20)18(23)21-15-6-4-14(2)5-7-15/h4-11H,3,12-13H2,1-2H3,(H,21,23)(H,22,24). The minimum Gasteiger partial charge on any atom is -0.494 e. The predicted molar refractivity (Wildman–Crippen MR) is 97.7 cm³/mol. The molecule has 1 fully saturated rings. The fourth-order valence-corrected chi connectivity index (χ4v) is 2.62. The molecule has 1 saturated carbocycles. The number of carbonyl (C=O) groups is 2. The number of rotatable bonds is 6. The minimum atomic E-state index is -0.969. The lowest BCUT2D eigenvalue weighted by Crippen LogP contribution is -2.35. The van der Waals surface area contributed by atoms with Crippen molar-refractivity contribution in [3.8, 4) is 5.75 Å². The Hall–Kier alpha value is -2.82. The lowest BCUT2D eigenvalue weighted by molar-refractivity contribution is -0.131. The number of benzene rings is 2. The molecule has 25 heavy (non-hydrogen) atoms. The lowest BCUT2D eigenvalue weighted by atomic mass is 10.0. The summed E-state index contributed by atoms with van der Waals surface area (Å²) < 4.78 is 5.38. The van der Waals surface area contributed by atoms with Gasteiger partial charge < -0.3 is 15.4 Å². The zero-order chi connectivity index (χ0) is 17.9. The van der Waals surface area contributed by atoms with E-state index in [1.807, 2.05) is 38.1 Å². The number of aryl methyl sites for hydroxylation is 1. The van der Waals surface area contributed by atoms with Crippen molar-refractivity contribution in [1.29, 1.82) is 0 Å². The van der Waals surface area contributed by atoms with Crippen LogP contribution >= 0.6 is 0 Å². The van der Waals surface area contributed by atoms with Crippen LogP contribution in [0.4, 0.5) is 11.4 Å². The average Bonchev–Trinajstić information content (AvgIpc) is 3.41. The van der Waals surface area contributed by atoms with Crippen LogP contribution in [0.1, 0.15) is 25.3 Å². The van der Waals surface area contributed by atoms with Crippen molar-refractivity contribution >= 4 is 23.2 Å². The average molecular weight is 338 g/mol. The molecule has 5 nitrogen and oxygen atoms in total. The van der Waals surface area contributed by atoms with E-state index >= 15 is 0 Å². The third kappa shape index (κ3) is 3.82. The van der Waals surface area contributed by atoms with E-state index in [2.05, 4.69) is 10.6 Å². The van der Waals surface area contributed by atoms with Crippen LogP contribution in [0.25, 0.3) is 0 Å². The van der Waals surface area contributed by atoms with Crippen LogP contribution in [0, 0.1) is 12.3 Å². The Labute approximate surface area is 147 Å². The first-order chi connectivity index (χ1) is 12.0. The van der Waals surface area contributed by atoms with Crippen LogP contribution < -0.4 is 15.4 Å². The highest BCUT2D eigenvalue weighted by atomic mass is 16.5. The van der Waals surface area contributed by atoms with Gasteiger partial charge in [0.2, 0.25) is 11.8 Å². The van der Waals surface area contributed by atoms with Gasteiger partial charge in [0.15, 0.2) is 0 Å². The first-order valence-electron chi connectivity index (χ1n) is 8.46. The van der Waals surface area contributed by atoms with Gasteiger partial charge in [-0.2, -0.15) is 0 Å². The smallest absolute Gasteiger partial charge is 0.240 e. The van der Waals surface area contributed by atoms with Crippen molar-refractivity contribution in [2.24, 2.45) is 5.41 Å². The Morgan fingerprint density at radius 2 is 1.40 bits per heavy atom. The second kappa shape index (κ2) is 6.97. The third-order valence-electron chi connectivity index (χ3n) is 4.35. The van der Waals surface area contributed by atoms with E-state index in [9.17, 15) is 9.59 Å². The summed E-state index contributed by atoms with van der Waals surface area (Å²) in [5.74, 6) is 0.236. The maximum absolute atomic E-state index is 12.6. The van der Waals surface area contributed by atoms with Gasteiger partial charge in [0.05, 0.1) is 6.61 Å². The molecule has 0 bridgehead atoms. The van der Waals surface area contributed by atoms with Crippen molar-refractivity contribution in [2.75, 3.05) is 17.2 Å². The summed E-state index contributed by atoms with van der Waals surface area (Å²) in [6, 6.07) is 14.7. The molecule has 3 rings (SSSR count). The Morgan fingerprint density at radius 3 is 1.84 bits per heavy atom. The maximum Gasteiger partial charge on any atom is 0.240 e. The van der Waals surface area contributed by atoms with Gasteiger partial charge in [-0.25, -0.2) is 0 Å². The molecule has 5 heteroatoms. The zero-order valence-corrected chi connectivity index (χ0v) is 14.5. The fourth-order valence-electron chi connectivity index (χ4n) is 2.62. The van der Waals surface area contributed by atoms with Crippen LogP contribution in [0.5, 0.6) is 5.75 Å². The molecule has 0 aliphatic heterocycles. The van der Waals surface area contributed by atoms with Gasteiger partial charge in [-0.3, -0.25) is 9.59 Å². The summed E-state index contributed by atoms with van der Waals surface area (Å²) in [5, 5.41) is 5.68. The molecular weight excluding hydrogens is 316 g/mol. The Morgan fingerprint density at radius 1 is 0.920 bits per heavy atom. The number of hydrogen-bond acceptors (Lipinski definition) is 3. The summed E-state index contributed by atoms with van der Waals surface area (Å²) in [6.45, 7) is 4.49. The summed E-state index contributed by atoms with van der Waals surface area (Å²) >= 11 is 0. The normalized spacial score (nSPS) is 14.5.